The van der Waals surface area contributed by atoms with Gasteiger partial charge in [-0.2, -0.15) is 0 Å². The van der Waals surface area contributed by atoms with Gasteiger partial charge in [-0.3, -0.25) is 9.59 Å². The van der Waals surface area contributed by atoms with Gasteiger partial charge in [-0.05, 0) is 5.92 Å². The molecule has 0 aliphatic carbocycles. The molecule has 1 unspecified atom stereocenters. The lowest BCUT2D eigenvalue weighted by molar-refractivity contribution is -0.149. The van der Waals surface area contributed by atoms with Crippen LogP contribution in [0, 0.1) is 11.8 Å². The van der Waals surface area contributed by atoms with E-state index in [0.29, 0.717) is 12.5 Å². The first-order chi connectivity index (χ1) is 8.78. The van der Waals surface area contributed by atoms with E-state index in [9.17, 15) is 18.0 Å². The van der Waals surface area contributed by atoms with Crippen molar-refractivity contribution in [3.8, 4) is 0 Å². The Hall–Kier alpha value is -1.37. The van der Waals surface area contributed by atoms with E-state index in [0.717, 1.165) is 5.41 Å². The second kappa shape index (κ2) is 6.70. The standard InChI is InChI=1S/C12H19NO5S/c1-9(2)6-13-11(14)7-18-12(15)5-10-3-4-19(16,17)8-10/h3-4,9-10H,5-8H2,1-2H3,(H,13,14). The lowest BCUT2D eigenvalue weighted by Gasteiger charge is -2.09. The molecule has 1 aliphatic rings. The third-order valence-corrected chi connectivity index (χ3v) is 3.97. The molecule has 0 radical (unpaired) electrons. The van der Waals surface area contributed by atoms with Crippen molar-refractivity contribution in [3.63, 3.8) is 0 Å². The van der Waals surface area contributed by atoms with Crippen molar-refractivity contribution in [3.05, 3.63) is 11.5 Å². The van der Waals surface area contributed by atoms with Crippen molar-refractivity contribution in [1.29, 1.82) is 0 Å². The van der Waals surface area contributed by atoms with Crippen molar-refractivity contribution in [2.24, 2.45) is 11.8 Å². The number of carbonyl (C=O) groups is 2. The monoisotopic (exact) mass is 289 g/mol. The van der Waals surface area contributed by atoms with E-state index in [4.69, 9.17) is 4.74 Å². The second-order valence-corrected chi connectivity index (χ2v) is 6.91. The lowest BCUT2D eigenvalue weighted by Crippen LogP contribution is -2.31. The first-order valence-electron chi connectivity index (χ1n) is 6.12. The molecule has 0 fully saturated rings. The number of amides is 1. The molecule has 1 amide bonds. The van der Waals surface area contributed by atoms with Gasteiger partial charge in [-0.15, -0.1) is 0 Å². The Kier molecular flexibility index (Phi) is 5.53. The van der Waals surface area contributed by atoms with Crippen LogP contribution in [0.2, 0.25) is 0 Å². The zero-order valence-corrected chi connectivity index (χ0v) is 11.9. The van der Waals surface area contributed by atoms with Crippen LogP contribution in [-0.4, -0.2) is 39.2 Å². The average molecular weight is 289 g/mol. The van der Waals surface area contributed by atoms with E-state index in [1.54, 1.807) is 0 Å². The number of ether oxygens (including phenoxy) is 1. The number of esters is 1. The van der Waals surface area contributed by atoms with Crippen molar-refractivity contribution in [2.75, 3.05) is 18.9 Å². The number of allylic oxidation sites excluding steroid dienone is 1. The molecule has 1 atom stereocenters. The van der Waals surface area contributed by atoms with Crippen molar-refractivity contribution in [1.82, 2.24) is 5.32 Å². The first-order valence-corrected chi connectivity index (χ1v) is 7.83. The van der Waals surface area contributed by atoms with Crippen LogP contribution in [-0.2, 0) is 24.2 Å². The molecule has 0 saturated carbocycles. The van der Waals surface area contributed by atoms with Crippen LogP contribution in [0.3, 0.4) is 0 Å². The molecule has 1 N–H and O–H groups in total. The Labute approximate surface area is 113 Å². The Morgan fingerprint density at radius 3 is 2.63 bits per heavy atom. The Bertz CT molecular complexity index is 467. The van der Waals surface area contributed by atoms with Crippen LogP contribution >= 0.6 is 0 Å². The summed E-state index contributed by atoms with van der Waals surface area (Å²) < 4.78 is 27.1. The molecule has 0 spiro atoms. The molecule has 108 valence electrons. The van der Waals surface area contributed by atoms with Crippen LogP contribution in [0.5, 0.6) is 0 Å². The molecule has 0 aromatic carbocycles. The van der Waals surface area contributed by atoms with E-state index in [1.807, 2.05) is 13.8 Å². The Morgan fingerprint density at radius 1 is 1.42 bits per heavy atom. The second-order valence-electron chi connectivity index (χ2n) is 4.98. The number of carbonyl (C=O) groups excluding carboxylic acids is 2. The van der Waals surface area contributed by atoms with E-state index in [1.165, 1.54) is 6.08 Å². The minimum Gasteiger partial charge on any atom is -0.456 e. The van der Waals surface area contributed by atoms with Crippen molar-refractivity contribution >= 4 is 21.7 Å². The summed E-state index contributed by atoms with van der Waals surface area (Å²) in [6.07, 6.45) is 1.46. The van der Waals surface area contributed by atoms with Crippen LogP contribution in [0.15, 0.2) is 11.5 Å². The lowest BCUT2D eigenvalue weighted by atomic mass is 10.1. The number of hydrogen-bond acceptors (Lipinski definition) is 5. The van der Waals surface area contributed by atoms with Gasteiger partial charge in [0.25, 0.3) is 5.91 Å². The van der Waals surface area contributed by atoms with Gasteiger partial charge >= 0.3 is 5.97 Å². The highest BCUT2D eigenvalue weighted by atomic mass is 32.2. The first kappa shape index (κ1) is 15.7. The maximum absolute atomic E-state index is 11.4. The zero-order valence-electron chi connectivity index (χ0n) is 11.1. The maximum atomic E-state index is 11.4. The summed E-state index contributed by atoms with van der Waals surface area (Å²) in [5.74, 6) is -1.01. The molecule has 1 rings (SSSR count). The molecular formula is C12H19NO5S. The quantitative estimate of drug-likeness (QED) is 0.708. The highest BCUT2D eigenvalue weighted by Crippen LogP contribution is 2.18. The maximum Gasteiger partial charge on any atom is 0.306 e. The van der Waals surface area contributed by atoms with Crippen LogP contribution in [0.1, 0.15) is 20.3 Å². The summed E-state index contributed by atoms with van der Waals surface area (Å²) in [5, 5.41) is 3.73. The average Bonchev–Trinajstić information content (AvgIpc) is 2.63. The molecule has 0 aromatic heterocycles. The number of sulfone groups is 1. The van der Waals surface area contributed by atoms with Gasteiger partial charge in [0, 0.05) is 17.9 Å². The minimum atomic E-state index is -3.16. The molecule has 0 aromatic rings. The third kappa shape index (κ3) is 6.37. The van der Waals surface area contributed by atoms with Gasteiger partial charge < -0.3 is 10.1 Å². The summed E-state index contributed by atoms with van der Waals surface area (Å²) in [6.45, 7) is 4.12. The van der Waals surface area contributed by atoms with E-state index in [-0.39, 0.29) is 30.6 Å². The normalized spacial score (nSPS) is 20.5. The van der Waals surface area contributed by atoms with Crippen molar-refractivity contribution in [2.45, 2.75) is 20.3 Å². The molecule has 1 heterocycles. The van der Waals surface area contributed by atoms with E-state index < -0.39 is 15.8 Å². The Balaban J connectivity index is 2.22. The van der Waals surface area contributed by atoms with Gasteiger partial charge in [-0.25, -0.2) is 8.42 Å². The fraction of sp³-hybridized carbons (Fsp3) is 0.667. The summed E-state index contributed by atoms with van der Waals surface area (Å²) in [7, 11) is -3.16. The summed E-state index contributed by atoms with van der Waals surface area (Å²) in [6, 6.07) is 0. The number of nitrogens with one attached hydrogen (secondary N) is 1. The number of hydrogen-bond donors (Lipinski definition) is 1. The predicted molar refractivity (Wildman–Crippen MR) is 69.8 cm³/mol. The summed E-state index contributed by atoms with van der Waals surface area (Å²) >= 11 is 0. The highest BCUT2D eigenvalue weighted by Gasteiger charge is 2.24. The zero-order chi connectivity index (χ0) is 14.5. The van der Waals surface area contributed by atoms with Crippen LogP contribution in [0.4, 0.5) is 0 Å². The fourth-order valence-electron chi connectivity index (χ4n) is 1.56. The summed E-state index contributed by atoms with van der Waals surface area (Å²) in [4.78, 5) is 22.7. The fourth-order valence-corrected chi connectivity index (χ4v) is 2.95. The molecule has 19 heavy (non-hydrogen) atoms. The van der Waals surface area contributed by atoms with Gasteiger partial charge in [0.05, 0.1) is 12.2 Å². The SMILES string of the molecule is CC(C)CNC(=O)COC(=O)CC1C=CS(=O)(=O)C1. The van der Waals surface area contributed by atoms with Crippen LogP contribution in [0.25, 0.3) is 0 Å². The predicted octanol–water partition coefficient (Wildman–Crippen LogP) is 0.250. The topological polar surface area (TPSA) is 89.5 Å². The highest BCUT2D eigenvalue weighted by molar-refractivity contribution is 7.94. The molecular weight excluding hydrogens is 270 g/mol. The number of rotatable bonds is 6. The molecule has 7 heteroatoms. The smallest absolute Gasteiger partial charge is 0.306 e. The van der Waals surface area contributed by atoms with E-state index >= 15 is 0 Å². The van der Waals surface area contributed by atoms with E-state index in [2.05, 4.69) is 5.32 Å². The van der Waals surface area contributed by atoms with Gasteiger partial charge in [0.1, 0.15) is 0 Å². The minimum absolute atomic E-state index is 0.0206. The van der Waals surface area contributed by atoms with Gasteiger partial charge in [0.15, 0.2) is 16.4 Å². The molecule has 1 aliphatic heterocycles. The summed E-state index contributed by atoms with van der Waals surface area (Å²) in [5.41, 5.74) is 0. The van der Waals surface area contributed by atoms with Gasteiger partial charge in [0.2, 0.25) is 0 Å². The third-order valence-electron chi connectivity index (χ3n) is 2.51. The Morgan fingerprint density at radius 2 is 2.11 bits per heavy atom. The van der Waals surface area contributed by atoms with Crippen molar-refractivity contribution < 1.29 is 22.7 Å². The van der Waals surface area contributed by atoms with Crippen LogP contribution < -0.4 is 5.32 Å². The molecule has 0 saturated heterocycles. The van der Waals surface area contributed by atoms with Gasteiger partial charge in [-0.1, -0.05) is 19.9 Å². The largest absolute Gasteiger partial charge is 0.456 e. The molecule has 0 bridgehead atoms. The molecule has 6 nitrogen and oxygen atoms in total.